The van der Waals surface area contributed by atoms with Gasteiger partial charge in [0.05, 0.1) is 0 Å². The van der Waals surface area contributed by atoms with E-state index < -0.39 is 5.54 Å². The number of nitrogens with two attached hydrogens (primary N) is 1. The van der Waals surface area contributed by atoms with E-state index >= 15 is 0 Å². The van der Waals surface area contributed by atoms with E-state index in [0.717, 1.165) is 16.7 Å². The lowest BCUT2D eigenvalue weighted by molar-refractivity contribution is 0.432. The fraction of sp³-hybridized carbons (Fsp3) is 0.538. The Morgan fingerprint density at radius 1 is 1.27 bits per heavy atom. The lowest BCUT2D eigenvalue weighted by Crippen LogP contribution is -2.30. The second kappa shape index (κ2) is 3.86. The van der Waals surface area contributed by atoms with Crippen LogP contribution in [0.5, 0.6) is 5.75 Å². The van der Waals surface area contributed by atoms with E-state index in [4.69, 9.17) is 5.73 Å². The minimum atomic E-state index is -0.504. The van der Waals surface area contributed by atoms with Gasteiger partial charge >= 0.3 is 0 Å². The summed E-state index contributed by atoms with van der Waals surface area (Å²) in [7, 11) is 0. The largest absolute Gasteiger partial charge is 0.507 e. The minimum absolute atomic E-state index is 0.341. The molecule has 0 amide bonds. The van der Waals surface area contributed by atoms with E-state index in [2.05, 4.69) is 19.9 Å². The molecule has 1 rings (SSSR count). The van der Waals surface area contributed by atoms with Crippen LogP contribution in [0.2, 0.25) is 0 Å². The second-order valence-corrected chi connectivity index (χ2v) is 5.07. The van der Waals surface area contributed by atoms with Crippen LogP contribution in [0, 0.1) is 6.92 Å². The van der Waals surface area contributed by atoms with Gasteiger partial charge < -0.3 is 10.8 Å². The number of hydrogen-bond donors (Lipinski definition) is 2. The van der Waals surface area contributed by atoms with Crippen molar-refractivity contribution in [2.24, 2.45) is 5.73 Å². The summed E-state index contributed by atoms with van der Waals surface area (Å²) in [5.74, 6) is 0.711. The molecule has 0 saturated heterocycles. The van der Waals surface area contributed by atoms with Gasteiger partial charge in [-0.2, -0.15) is 0 Å². The molecule has 0 aliphatic rings. The number of phenols is 1. The number of rotatable bonds is 2. The van der Waals surface area contributed by atoms with Gasteiger partial charge in [-0.05, 0) is 37.8 Å². The van der Waals surface area contributed by atoms with Gasteiger partial charge in [-0.3, -0.25) is 0 Å². The maximum Gasteiger partial charge on any atom is 0.123 e. The molecule has 0 aliphatic carbocycles. The van der Waals surface area contributed by atoms with Crippen LogP contribution in [0.15, 0.2) is 12.1 Å². The molecule has 2 nitrogen and oxygen atoms in total. The predicted molar refractivity (Wildman–Crippen MR) is 64.1 cm³/mol. The zero-order valence-electron chi connectivity index (χ0n) is 10.3. The van der Waals surface area contributed by atoms with Crippen molar-refractivity contribution in [3.63, 3.8) is 0 Å². The summed E-state index contributed by atoms with van der Waals surface area (Å²) in [6.45, 7) is 9.97. The molecule has 0 fully saturated rings. The number of aromatic hydroxyl groups is 1. The first kappa shape index (κ1) is 12.1. The van der Waals surface area contributed by atoms with Crippen molar-refractivity contribution in [3.8, 4) is 5.75 Å². The van der Waals surface area contributed by atoms with Crippen molar-refractivity contribution in [3.05, 3.63) is 28.8 Å². The van der Waals surface area contributed by atoms with Crippen molar-refractivity contribution in [2.45, 2.75) is 46.1 Å². The third-order valence-corrected chi connectivity index (χ3v) is 2.68. The number of benzene rings is 1. The smallest absolute Gasteiger partial charge is 0.123 e. The van der Waals surface area contributed by atoms with E-state index in [1.807, 2.05) is 26.8 Å². The molecule has 1 aromatic carbocycles. The molecule has 3 N–H and O–H groups in total. The Morgan fingerprint density at radius 2 is 1.80 bits per heavy atom. The summed E-state index contributed by atoms with van der Waals surface area (Å²) >= 11 is 0. The molecule has 0 radical (unpaired) electrons. The van der Waals surface area contributed by atoms with Gasteiger partial charge in [0.25, 0.3) is 0 Å². The highest BCUT2D eigenvalue weighted by molar-refractivity contribution is 5.49. The van der Waals surface area contributed by atoms with Gasteiger partial charge in [0.15, 0.2) is 0 Å². The normalized spacial score (nSPS) is 12.2. The van der Waals surface area contributed by atoms with Crippen molar-refractivity contribution in [1.82, 2.24) is 0 Å². The molecular formula is C13H21NO. The van der Waals surface area contributed by atoms with E-state index in [1.165, 1.54) is 0 Å². The standard InChI is InChI=1S/C13H21NO/c1-8(2)10-7-6-9(3)12(15)11(10)13(4,5)14/h6-8,15H,14H2,1-5H3. The summed E-state index contributed by atoms with van der Waals surface area (Å²) in [5.41, 5.74) is 8.49. The van der Waals surface area contributed by atoms with Gasteiger partial charge in [0.1, 0.15) is 5.75 Å². The van der Waals surface area contributed by atoms with Crippen LogP contribution >= 0.6 is 0 Å². The van der Waals surface area contributed by atoms with Crippen LogP contribution in [-0.2, 0) is 5.54 Å². The zero-order chi connectivity index (χ0) is 11.8. The highest BCUT2D eigenvalue weighted by Gasteiger charge is 2.24. The van der Waals surface area contributed by atoms with Crippen LogP contribution in [0.25, 0.3) is 0 Å². The van der Waals surface area contributed by atoms with Gasteiger partial charge in [-0.15, -0.1) is 0 Å². The Balaban J connectivity index is 3.49. The fourth-order valence-corrected chi connectivity index (χ4v) is 1.87. The Hall–Kier alpha value is -1.02. The van der Waals surface area contributed by atoms with Gasteiger partial charge in [0, 0.05) is 11.1 Å². The van der Waals surface area contributed by atoms with Crippen LogP contribution < -0.4 is 5.73 Å². The predicted octanol–water partition coefficient (Wildman–Crippen LogP) is 3.02. The lowest BCUT2D eigenvalue weighted by atomic mass is 9.84. The second-order valence-electron chi connectivity index (χ2n) is 5.07. The molecule has 2 heteroatoms. The first-order valence-corrected chi connectivity index (χ1v) is 5.37. The molecule has 0 spiro atoms. The quantitative estimate of drug-likeness (QED) is 0.783. The Bertz CT molecular complexity index is 362. The Kier molecular flexibility index (Phi) is 3.10. The molecule has 0 unspecified atom stereocenters. The van der Waals surface area contributed by atoms with Gasteiger partial charge in [-0.1, -0.05) is 26.0 Å². The van der Waals surface area contributed by atoms with Crippen LogP contribution in [0.4, 0.5) is 0 Å². The molecule has 0 atom stereocenters. The fourth-order valence-electron chi connectivity index (χ4n) is 1.87. The van der Waals surface area contributed by atoms with Crippen LogP contribution in [0.1, 0.15) is 50.3 Å². The summed E-state index contributed by atoms with van der Waals surface area (Å²) in [6.07, 6.45) is 0. The summed E-state index contributed by atoms with van der Waals surface area (Å²) < 4.78 is 0. The van der Waals surface area contributed by atoms with Crippen LogP contribution in [0.3, 0.4) is 0 Å². The lowest BCUT2D eigenvalue weighted by Gasteiger charge is -2.26. The molecule has 1 aromatic rings. The van der Waals surface area contributed by atoms with E-state index in [1.54, 1.807) is 0 Å². The Labute approximate surface area is 92.1 Å². The topological polar surface area (TPSA) is 46.2 Å². The summed E-state index contributed by atoms with van der Waals surface area (Å²) in [6, 6.07) is 4.00. The highest BCUT2D eigenvalue weighted by atomic mass is 16.3. The van der Waals surface area contributed by atoms with Gasteiger partial charge in [0.2, 0.25) is 0 Å². The van der Waals surface area contributed by atoms with Crippen molar-refractivity contribution in [1.29, 1.82) is 0 Å². The average molecular weight is 207 g/mol. The maximum absolute atomic E-state index is 10.1. The molecule has 0 aromatic heterocycles. The molecule has 0 bridgehead atoms. The molecule has 84 valence electrons. The number of aryl methyl sites for hydroxylation is 1. The number of phenolic OH excluding ortho intramolecular Hbond substituents is 1. The summed E-state index contributed by atoms with van der Waals surface area (Å²) in [5, 5.41) is 10.1. The van der Waals surface area contributed by atoms with Gasteiger partial charge in [-0.25, -0.2) is 0 Å². The van der Waals surface area contributed by atoms with E-state index in [9.17, 15) is 5.11 Å². The maximum atomic E-state index is 10.1. The summed E-state index contributed by atoms with van der Waals surface area (Å²) in [4.78, 5) is 0. The third kappa shape index (κ3) is 2.32. The van der Waals surface area contributed by atoms with Crippen molar-refractivity contribution < 1.29 is 5.11 Å². The first-order valence-electron chi connectivity index (χ1n) is 5.37. The molecule has 0 saturated carbocycles. The van der Waals surface area contributed by atoms with Crippen molar-refractivity contribution >= 4 is 0 Å². The zero-order valence-corrected chi connectivity index (χ0v) is 10.3. The minimum Gasteiger partial charge on any atom is -0.507 e. The van der Waals surface area contributed by atoms with E-state index in [0.29, 0.717) is 11.7 Å². The third-order valence-electron chi connectivity index (χ3n) is 2.68. The molecule has 0 aliphatic heterocycles. The molecule has 0 heterocycles. The monoisotopic (exact) mass is 207 g/mol. The SMILES string of the molecule is Cc1ccc(C(C)C)c(C(C)(C)N)c1O. The van der Waals surface area contributed by atoms with Crippen molar-refractivity contribution in [2.75, 3.05) is 0 Å². The average Bonchev–Trinajstić information content (AvgIpc) is 2.06. The molecule has 15 heavy (non-hydrogen) atoms. The number of hydrogen-bond acceptors (Lipinski definition) is 2. The van der Waals surface area contributed by atoms with E-state index in [-0.39, 0.29) is 0 Å². The van der Waals surface area contributed by atoms with Crippen LogP contribution in [-0.4, -0.2) is 5.11 Å². The Morgan fingerprint density at radius 3 is 2.20 bits per heavy atom. The first-order chi connectivity index (χ1) is 6.75. The highest BCUT2D eigenvalue weighted by Crippen LogP contribution is 2.36. The molecular weight excluding hydrogens is 186 g/mol.